The predicted octanol–water partition coefficient (Wildman–Crippen LogP) is 0.203. The third-order valence-corrected chi connectivity index (χ3v) is 3.26. The first-order valence-electron chi connectivity index (χ1n) is 4.59. The van der Waals surface area contributed by atoms with Gasteiger partial charge < -0.3 is 10.8 Å². The van der Waals surface area contributed by atoms with Gasteiger partial charge in [-0.3, -0.25) is 4.90 Å². The van der Waals surface area contributed by atoms with Crippen molar-refractivity contribution >= 4 is 11.3 Å². The van der Waals surface area contributed by atoms with E-state index in [1.54, 1.807) is 11.3 Å². The summed E-state index contributed by atoms with van der Waals surface area (Å²) in [4.78, 5) is 7.47. The number of aliphatic hydroxyl groups is 1. The summed E-state index contributed by atoms with van der Waals surface area (Å²) in [6.45, 7) is 3.38. The van der Waals surface area contributed by atoms with Crippen molar-refractivity contribution in [3.63, 3.8) is 0 Å². The summed E-state index contributed by atoms with van der Waals surface area (Å²) in [7, 11) is 1.97. The lowest BCUT2D eigenvalue weighted by Crippen LogP contribution is -2.40. The Bertz CT molecular complexity index is 273. The Morgan fingerprint density at radius 2 is 2.43 bits per heavy atom. The van der Waals surface area contributed by atoms with Gasteiger partial charge in [-0.15, -0.1) is 11.3 Å². The van der Waals surface area contributed by atoms with E-state index in [1.807, 2.05) is 19.5 Å². The maximum Gasteiger partial charge on any atom is 0.0798 e. The van der Waals surface area contributed by atoms with Crippen LogP contribution in [-0.4, -0.2) is 41.2 Å². The smallest absolute Gasteiger partial charge is 0.0798 e. The molecule has 5 heteroatoms. The Hall–Kier alpha value is -0.490. The van der Waals surface area contributed by atoms with Crippen molar-refractivity contribution in [3.05, 3.63) is 16.1 Å². The second-order valence-corrected chi connectivity index (χ2v) is 4.29. The molecule has 3 N–H and O–H groups in total. The van der Waals surface area contributed by atoms with E-state index in [9.17, 15) is 0 Å². The Kier molecular flexibility index (Phi) is 4.47. The molecule has 80 valence electrons. The zero-order valence-electron chi connectivity index (χ0n) is 8.60. The molecule has 4 nitrogen and oxygen atoms in total. The number of likely N-dealkylation sites (N-methyl/N-ethyl adjacent to an activating group) is 1. The van der Waals surface area contributed by atoms with E-state index < -0.39 is 0 Å². The Morgan fingerprint density at radius 3 is 2.86 bits per heavy atom. The highest BCUT2D eigenvalue weighted by Crippen LogP contribution is 2.15. The van der Waals surface area contributed by atoms with Crippen LogP contribution in [0.15, 0.2) is 5.51 Å². The van der Waals surface area contributed by atoms with E-state index in [2.05, 4.69) is 9.88 Å². The third kappa shape index (κ3) is 2.75. The summed E-state index contributed by atoms with van der Waals surface area (Å²) in [6, 6.07) is 0.0384. The van der Waals surface area contributed by atoms with Gasteiger partial charge in [-0.05, 0) is 14.0 Å². The molecule has 1 unspecified atom stereocenters. The van der Waals surface area contributed by atoms with Gasteiger partial charge in [0.25, 0.3) is 0 Å². The van der Waals surface area contributed by atoms with Gasteiger partial charge in [0, 0.05) is 24.0 Å². The maximum atomic E-state index is 9.06. The quantitative estimate of drug-likeness (QED) is 0.736. The SMILES string of the molecule is Cc1ncsc1CN(C)C(CN)CO. The van der Waals surface area contributed by atoms with Crippen LogP contribution in [0.2, 0.25) is 0 Å². The van der Waals surface area contributed by atoms with Gasteiger partial charge in [0.1, 0.15) is 0 Å². The van der Waals surface area contributed by atoms with Crippen molar-refractivity contribution < 1.29 is 5.11 Å². The van der Waals surface area contributed by atoms with E-state index in [0.29, 0.717) is 6.54 Å². The molecule has 0 amide bonds. The average molecular weight is 215 g/mol. The van der Waals surface area contributed by atoms with Gasteiger partial charge in [-0.2, -0.15) is 0 Å². The molecule has 0 bridgehead atoms. The monoisotopic (exact) mass is 215 g/mol. The summed E-state index contributed by atoms with van der Waals surface area (Å²) < 4.78 is 0. The molecule has 1 rings (SSSR count). The fourth-order valence-electron chi connectivity index (χ4n) is 1.23. The summed E-state index contributed by atoms with van der Waals surface area (Å²) in [5.41, 5.74) is 8.44. The van der Waals surface area contributed by atoms with Crippen LogP contribution in [-0.2, 0) is 6.54 Å². The first-order valence-corrected chi connectivity index (χ1v) is 5.47. The molecule has 0 saturated heterocycles. The number of aromatic nitrogens is 1. The van der Waals surface area contributed by atoms with E-state index >= 15 is 0 Å². The average Bonchev–Trinajstić information content (AvgIpc) is 2.54. The van der Waals surface area contributed by atoms with Crippen LogP contribution in [0.1, 0.15) is 10.6 Å². The van der Waals surface area contributed by atoms with Gasteiger partial charge >= 0.3 is 0 Å². The molecule has 1 heterocycles. The first-order chi connectivity index (χ1) is 6.69. The van der Waals surface area contributed by atoms with Gasteiger partial charge in [-0.25, -0.2) is 4.98 Å². The molecule has 1 aromatic rings. The summed E-state index contributed by atoms with van der Waals surface area (Å²) >= 11 is 1.64. The minimum atomic E-state index is 0.0384. The Labute approximate surface area is 88.4 Å². The van der Waals surface area contributed by atoms with Crippen molar-refractivity contribution in [1.29, 1.82) is 0 Å². The van der Waals surface area contributed by atoms with Crippen molar-refractivity contribution in [2.75, 3.05) is 20.2 Å². The van der Waals surface area contributed by atoms with Gasteiger partial charge in [0.05, 0.1) is 17.8 Å². The van der Waals surface area contributed by atoms with E-state index in [0.717, 1.165) is 12.2 Å². The number of hydrogen-bond donors (Lipinski definition) is 2. The lowest BCUT2D eigenvalue weighted by Gasteiger charge is -2.24. The molecule has 0 aromatic carbocycles. The van der Waals surface area contributed by atoms with Crippen LogP contribution >= 0.6 is 11.3 Å². The van der Waals surface area contributed by atoms with Crippen molar-refractivity contribution in [2.45, 2.75) is 19.5 Å². The standard InChI is InChI=1S/C9H17N3OS/c1-7-9(14-6-11-7)4-12(2)8(3-10)5-13/h6,8,13H,3-5,10H2,1-2H3. The van der Waals surface area contributed by atoms with Crippen LogP contribution < -0.4 is 5.73 Å². The molecule has 0 spiro atoms. The van der Waals surface area contributed by atoms with Crippen molar-refractivity contribution in [3.8, 4) is 0 Å². The molecular formula is C9H17N3OS. The molecule has 0 fully saturated rings. The molecule has 1 atom stereocenters. The lowest BCUT2D eigenvalue weighted by molar-refractivity contribution is 0.147. The second kappa shape index (κ2) is 5.41. The molecule has 0 aliphatic rings. The van der Waals surface area contributed by atoms with Gasteiger partial charge in [0.2, 0.25) is 0 Å². The normalized spacial score (nSPS) is 13.5. The van der Waals surface area contributed by atoms with Crippen LogP contribution in [0.3, 0.4) is 0 Å². The number of hydrogen-bond acceptors (Lipinski definition) is 5. The van der Waals surface area contributed by atoms with Crippen LogP contribution in [0.5, 0.6) is 0 Å². The molecule has 1 aromatic heterocycles. The second-order valence-electron chi connectivity index (χ2n) is 3.35. The highest BCUT2D eigenvalue weighted by atomic mass is 32.1. The molecule has 14 heavy (non-hydrogen) atoms. The Morgan fingerprint density at radius 1 is 1.71 bits per heavy atom. The van der Waals surface area contributed by atoms with Gasteiger partial charge in [0.15, 0.2) is 0 Å². The number of aryl methyl sites for hydroxylation is 1. The zero-order valence-corrected chi connectivity index (χ0v) is 9.42. The number of rotatable bonds is 5. The largest absolute Gasteiger partial charge is 0.395 e. The topological polar surface area (TPSA) is 62.4 Å². The molecule has 0 radical (unpaired) electrons. The fraction of sp³-hybridized carbons (Fsp3) is 0.667. The minimum absolute atomic E-state index is 0.0384. The highest BCUT2D eigenvalue weighted by molar-refractivity contribution is 7.09. The minimum Gasteiger partial charge on any atom is -0.395 e. The predicted molar refractivity (Wildman–Crippen MR) is 58.2 cm³/mol. The molecule has 0 saturated carbocycles. The Balaban J connectivity index is 2.56. The van der Waals surface area contributed by atoms with Crippen LogP contribution in [0, 0.1) is 6.92 Å². The number of nitrogens with zero attached hydrogens (tertiary/aromatic N) is 2. The zero-order chi connectivity index (χ0) is 10.6. The van der Waals surface area contributed by atoms with Crippen LogP contribution in [0.4, 0.5) is 0 Å². The summed E-state index contributed by atoms with van der Waals surface area (Å²) in [6.07, 6.45) is 0. The summed E-state index contributed by atoms with van der Waals surface area (Å²) in [5, 5.41) is 9.06. The van der Waals surface area contributed by atoms with Crippen LogP contribution in [0.25, 0.3) is 0 Å². The molecule has 0 aliphatic carbocycles. The van der Waals surface area contributed by atoms with Crippen molar-refractivity contribution in [2.24, 2.45) is 5.73 Å². The van der Waals surface area contributed by atoms with Gasteiger partial charge in [-0.1, -0.05) is 0 Å². The van der Waals surface area contributed by atoms with E-state index in [4.69, 9.17) is 10.8 Å². The summed E-state index contributed by atoms with van der Waals surface area (Å²) in [5.74, 6) is 0. The third-order valence-electron chi connectivity index (χ3n) is 2.34. The fourth-order valence-corrected chi connectivity index (χ4v) is 2.07. The van der Waals surface area contributed by atoms with E-state index in [1.165, 1.54) is 4.88 Å². The number of nitrogens with two attached hydrogens (primary N) is 1. The highest BCUT2D eigenvalue weighted by Gasteiger charge is 2.13. The number of thiazole rings is 1. The number of aliphatic hydroxyl groups excluding tert-OH is 1. The molecular weight excluding hydrogens is 198 g/mol. The molecule has 0 aliphatic heterocycles. The first kappa shape index (κ1) is 11.6. The van der Waals surface area contributed by atoms with E-state index in [-0.39, 0.29) is 12.6 Å². The maximum absolute atomic E-state index is 9.06. The lowest BCUT2D eigenvalue weighted by atomic mass is 10.2. The van der Waals surface area contributed by atoms with Crippen molar-refractivity contribution in [1.82, 2.24) is 9.88 Å².